The fraction of sp³-hybridized carbons (Fsp3) is 0.167. The Labute approximate surface area is 108 Å². The molecule has 1 aromatic heterocycles. The van der Waals surface area contributed by atoms with Gasteiger partial charge >= 0.3 is 0 Å². The van der Waals surface area contributed by atoms with Gasteiger partial charge in [-0.15, -0.1) is 0 Å². The van der Waals surface area contributed by atoms with Crippen LogP contribution in [-0.2, 0) is 6.42 Å². The van der Waals surface area contributed by atoms with Crippen LogP contribution in [0.4, 0.5) is 5.82 Å². The maximum absolute atomic E-state index is 9.05. The molecule has 0 radical (unpaired) electrons. The quantitative estimate of drug-likeness (QED) is 0.924. The molecule has 0 aliphatic carbocycles. The molecule has 17 heavy (non-hydrogen) atoms. The lowest BCUT2D eigenvalue weighted by atomic mass is 10.2. The van der Waals surface area contributed by atoms with Crippen molar-refractivity contribution < 1.29 is 0 Å². The van der Waals surface area contributed by atoms with Gasteiger partial charge in [0.1, 0.15) is 17.5 Å². The maximum Gasteiger partial charge on any atom is 0.145 e. The second-order valence-corrected chi connectivity index (χ2v) is 4.48. The van der Waals surface area contributed by atoms with Crippen molar-refractivity contribution in [3.05, 3.63) is 40.0 Å². The lowest BCUT2D eigenvalue weighted by Crippen LogP contribution is -2.02. The number of halogens is 1. The van der Waals surface area contributed by atoms with Crippen molar-refractivity contribution in [2.45, 2.75) is 13.3 Å². The van der Waals surface area contributed by atoms with Gasteiger partial charge in [-0.2, -0.15) is 10.4 Å². The number of nitrogens with zero attached hydrogens (tertiary/aromatic N) is 3. The summed E-state index contributed by atoms with van der Waals surface area (Å²) < 4.78 is 2.55. The molecule has 86 valence electrons. The first-order valence-electron chi connectivity index (χ1n) is 5.20. The zero-order valence-electron chi connectivity index (χ0n) is 9.31. The summed E-state index contributed by atoms with van der Waals surface area (Å²) in [5.41, 5.74) is 7.97. The Hall–Kier alpha value is -1.80. The van der Waals surface area contributed by atoms with E-state index in [1.165, 1.54) is 0 Å². The molecule has 2 rings (SSSR count). The van der Waals surface area contributed by atoms with E-state index in [9.17, 15) is 0 Å². The molecule has 0 aliphatic rings. The second-order valence-electron chi connectivity index (χ2n) is 3.56. The number of aryl methyl sites for hydroxylation is 1. The fourth-order valence-corrected chi connectivity index (χ4v) is 2.04. The van der Waals surface area contributed by atoms with Gasteiger partial charge in [-0.05, 0) is 24.6 Å². The molecular weight excluding hydrogens is 280 g/mol. The van der Waals surface area contributed by atoms with Gasteiger partial charge in [0.25, 0.3) is 0 Å². The van der Waals surface area contributed by atoms with Gasteiger partial charge in [0.15, 0.2) is 0 Å². The van der Waals surface area contributed by atoms with Crippen LogP contribution in [0.5, 0.6) is 0 Å². The van der Waals surface area contributed by atoms with E-state index >= 15 is 0 Å². The molecule has 5 heteroatoms. The Morgan fingerprint density at radius 1 is 1.53 bits per heavy atom. The molecule has 0 saturated carbocycles. The average molecular weight is 291 g/mol. The molecule has 0 atom stereocenters. The van der Waals surface area contributed by atoms with Gasteiger partial charge in [0.2, 0.25) is 0 Å². The van der Waals surface area contributed by atoms with Crippen molar-refractivity contribution >= 4 is 21.7 Å². The molecule has 4 nitrogen and oxygen atoms in total. The lowest BCUT2D eigenvalue weighted by Gasteiger charge is -2.03. The summed E-state index contributed by atoms with van der Waals surface area (Å²) in [4.78, 5) is 0. The van der Waals surface area contributed by atoms with Gasteiger partial charge in [-0.1, -0.05) is 28.9 Å². The molecule has 2 N–H and O–H groups in total. The highest BCUT2D eigenvalue weighted by molar-refractivity contribution is 9.10. The normalized spacial score (nSPS) is 10.2. The van der Waals surface area contributed by atoms with E-state index < -0.39 is 0 Å². The van der Waals surface area contributed by atoms with Crippen LogP contribution in [-0.4, -0.2) is 9.78 Å². The van der Waals surface area contributed by atoms with Crippen LogP contribution in [0, 0.1) is 11.3 Å². The van der Waals surface area contributed by atoms with Crippen molar-refractivity contribution in [2.24, 2.45) is 0 Å². The molecule has 2 aromatic rings. The van der Waals surface area contributed by atoms with E-state index in [1.54, 1.807) is 4.68 Å². The molecule has 0 bridgehead atoms. The fourth-order valence-electron chi connectivity index (χ4n) is 1.65. The van der Waals surface area contributed by atoms with E-state index in [0.717, 1.165) is 15.9 Å². The third kappa shape index (κ3) is 2.04. The van der Waals surface area contributed by atoms with E-state index in [4.69, 9.17) is 11.0 Å². The zero-order valence-corrected chi connectivity index (χ0v) is 10.9. The highest BCUT2D eigenvalue weighted by atomic mass is 79.9. The smallest absolute Gasteiger partial charge is 0.145 e. The molecule has 0 fully saturated rings. The summed E-state index contributed by atoms with van der Waals surface area (Å²) in [6.45, 7) is 1.95. The Kier molecular flexibility index (Phi) is 3.16. The number of anilines is 1. The minimum absolute atomic E-state index is 0.391. The Morgan fingerprint density at radius 2 is 2.29 bits per heavy atom. The first kappa shape index (κ1) is 11.7. The number of hydrogen-bond donors (Lipinski definition) is 1. The summed E-state index contributed by atoms with van der Waals surface area (Å²) >= 11 is 3.40. The Bertz CT molecular complexity index is 595. The SMILES string of the molecule is CCc1nn(-c2cccc(Br)c2)c(N)c1C#N. The first-order chi connectivity index (χ1) is 8.17. The number of aromatic nitrogens is 2. The van der Waals surface area contributed by atoms with Crippen LogP contribution in [0.3, 0.4) is 0 Å². The Balaban J connectivity index is 2.61. The number of nitrogens with two attached hydrogens (primary N) is 1. The summed E-state index contributed by atoms with van der Waals surface area (Å²) in [5.74, 6) is 0.391. The summed E-state index contributed by atoms with van der Waals surface area (Å²) in [6, 6.07) is 9.73. The van der Waals surface area contributed by atoms with Crippen molar-refractivity contribution in [3.8, 4) is 11.8 Å². The topological polar surface area (TPSA) is 67.6 Å². The molecule has 1 heterocycles. The van der Waals surface area contributed by atoms with Gasteiger partial charge in [0, 0.05) is 4.47 Å². The summed E-state index contributed by atoms with van der Waals surface area (Å²) in [5, 5.41) is 13.4. The first-order valence-corrected chi connectivity index (χ1v) is 6.00. The van der Waals surface area contributed by atoms with Gasteiger partial charge in [0.05, 0.1) is 11.4 Å². The van der Waals surface area contributed by atoms with Gasteiger partial charge < -0.3 is 5.73 Å². The van der Waals surface area contributed by atoms with Crippen LogP contribution >= 0.6 is 15.9 Å². The van der Waals surface area contributed by atoms with Crippen molar-refractivity contribution in [1.82, 2.24) is 9.78 Å². The molecular formula is C12H11BrN4. The van der Waals surface area contributed by atoms with Crippen LogP contribution < -0.4 is 5.73 Å². The van der Waals surface area contributed by atoms with Gasteiger partial charge in [-0.25, -0.2) is 4.68 Å². The molecule has 0 amide bonds. The number of nitriles is 1. The third-order valence-electron chi connectivity index (χ3n) is 2.49. The van der Waals surface area contributed by atoms with E-state index in [-0.39, 0.29) is 0 Å². The lowest BCUT2D eigenvalue weighted by molar-refractivity contribution is 0.848. The standard InChI is InChI=1S/C12H11BrN4/c1-2-11-10(7-14)12(15)17(16-11)9-5-3-4-8(13)6-9/h3-6H,2,15H2,1H3. The third-order valence-corrected chi connectivity index (χ3v) is 2.99. The average Bonchev–Trinajstić information content (AvgIpc) is 2.65. The van der Waals surface area contributed by atoms with Crippen LogP contribution in [0.1, 0.15) is 18.2 Å². The minimum Gasteiger partial charge on any atom is -0.382 e. The predicted molar refractivity (Wildman–Crippen MR) is 69.8 cm³/mol. The van der Waals surface area contributed by atoms with Crippen LogP contribution in [0.25, 0.3) is 5.69 Å². The van der Waals surface area contributed by atoms with Crippen molar-refractivity contribution in [2.75, 3.05) is 5.73 Å². The number of nitrogen functional groups attached to an aromatic ring is 1. The highest BCUT2D eigenvalue weighted by Gasteiger charge is 2.14. The van der Waals surface area contributed by atoms with E-state index in [1.807, 2.05) is 31.2 Å². The van der Waals surface area contributed by atoms with Crippen molar-refractivity contribution in [3.63, 3.8) is 0 Å². The monoisotopic (exact) mass is 290 g/mol. The maximum atomic E-state index is 9.05. The summed E-state index contributed by atoms with van der Waals surface area (Å²) in [6.07, 6.45) is 0.689. The van der Waals surface area contributed by atoms with Crippen LogP contribution in [0.15, 0.2) is 28.7 Å². The number of rotatable bonds is 2. The molecule has 0 aliphatic heterocycles. The predicted octanol–water partition coefficient (Wildman–Crippen LogP) is 2.65. The molecule has 0 unspecified atom stereocenters. The van der Waals surface area contributed by atoms with E-state index in [0.29, 0.717) is 17.8 Å². The summed E-state index contributed by atoms with van der Waals surface area (Å²) in [7, 11) is 0. The number of benzene rings is 1. The molecule has 1 aromatic carbocycles. The minimum atomic E-state index is 0.391. The second kappa shape index (κ2) is 4.60. The highest BCUT2D eigenvalue weighted by Crippen LogP contribution is 2.22. The van der Waals surface area contributed by atoms with Crippen LogP contribution in [0.2, 0.25) is 0 Å². The Morgan fingerprint density at radius 3 is 2.82 bits per heavy atom. The van der Waals surface area contributed by atoms with E-state index in [2.05, 4.69) is 27.1 Å². The largest absolute Gasteiger partial charge is 0.382 e. The zero-order chi connectivity index (χ0) is 12.4. The molecule has 0 spiro atoms. The molecule has 0 saturated heterocycles. The van der Waals surface area contributed by atoms with Gasteiger partial charge in [-0.3, -0.25) is 0 Å². The van der Waals surface area contributed by atoms with Crippen molar-refractivity contribution in [1.29, 1.82) is 5.26 Å². The number of hydrogen-bond acceptors (Lipinski definition) is 3.